The van der Waals surface area contributed by atoms with Crippen LogP contribution in [0.1, 0.15) is 24.8 Å². The normalized spacial score (nSPS) is 23.7. The molecule has 2 aromatic rings. The maximum absolute atomic E-state index is 12.9. The van der Waals surface area contributed by atoms with E-state index in [2.05, 4.69) is 0 Å². The van der Waals surface area contributed by atoms with Crippen LogP contribution in [0, 0.1) is 24.7 Å². The Morgan fingerprint density at radius 3 is 2.31 bits per heavy atom. The molecule has 9 heteroatoms. The number of hydrogen-bond donors (Lipinski definition) is 0. The second-order valence-corrected chi connectivity index (χ2v) is 9.80. The van der Waals surface area contributed by atoms with Gasteiger partial charge in [-0.15, -0.1) is 0 Å². The smallest absolute Gasteiger partial charge is 0.316 e. The van der Waals surface area contributed by atoms with Crippen LogP contribution in [0.2, 0.25) is 10.0 Å². The number of allylic oxidation sites excluding steroid dienone is 2. The van der Waals surface area contributed by atoms with Gasteiger partial charge in [-0.05, 0) is 55.7 Å². The molecule has 3 amide bonds. The fraction of sp³-hybridized carbons (Fsp3) is 0.308. The first-order chi connectivity index (χ1) is 16.8. The van der Waals surface area contributed by atoms with Crippen LogP contribution < -0.4 is 14.5 Å². The van der Waals surface area contributed by atoms with E-state index in [1.165, 1.54) is 9.80 Å². The van der Waals surface area contributed by atoms with E-state index in [-0.39, 0.29) is 53.3 Å². The highest BCUT2D eigenvalue weighted by molar-refractivity contribution is 6.44. The van der Waals surface area contributed by atoms with Crippen LogP contribution in [0.5, 0.6) is 5.75 Å². The van der Waals surface area contributed by atoms with Crippen molar-refractivity contribution >= 4 is 58.3 Å². The van der Waals surface area contributed by atoms with Crippen LogP contribution in [0.15, 0.2) is 48.6 Å². The lowest BCUT2D eigenvalue weighted by molar-refractivity contribution is -0.139. The number of halogens is 2. The van der Waals surface area contributed by atoms with Gasteiger partial charge >= 0.3 is 5.97 Å². The topological polar surface area (TPSA) is 84.0 Å². The highest BCUT2D eigenvalue weighted by Crippen LogP contribution is 2.40. The molecule has 7 nitrogen and oxygen atoms in total. The first-order valence-corrected chi connectivity index (χ1v) is 12.1. The molecule has 3 aliphatic rings. The van der Waals surface area contributed by atoms with E-state index < -0.39 is 11.9 Å². The molecule has 0 unspecified atom stereocenters. The van der Waals surface area contributed by atoms with Gasteiger partial charge in [-0.3, -0.25) is 19.2 Å². The molecule has 1 aliphatic carbocycles. The lowest BCUT2D eigenvalue weighted by Gasteiger charge is -2.19. The Balaban J connectivity index is 1.29. The Hall–Kier alpha value is -3.16. The number of nitrogens with zero attached hydrogens (tertiary/aromatic N) is 2. The maximum Gasteiger partial charge on any atom is 0.316 e. The molecule has 0 N–H and O–H groups in total. The van der Waals surface area contributed by atoms with Gasteiger partial charge in [0.2, 0.25) is 17.7 Å². The molecule has 2 aliphatic heterocycles. The Morgan fingerprint density at radius 1 is 0.971 bits per heavy atom. The lowest BCUT2D eigenvalue weighted by Crippen LogP contribution is -2.31. The zero-order chi connectivity index (χ0) is 24.9. The van der Waals surface area contributed by atoms with E-state index in [1.807, 2.05) is 12.2 Å². The van der Waals surface area contributed by atoms with Crippen molar-refractivity contribution in [3.63, 3.8) is 0 Å². The average Bonchev–Trinajstić information content (AvgIpc) is 3.34. The van der Waals surface area contributed by atoms with Gasteiger partial charge in [0.1, 0.15) is 5.75 Å². The molecule has 5 rings (SSSR count). The first kappa shape index (κ1) is 23.6. The van der Waals surface area contributed by atoms with Crippen LogP contribution in [0.3, 0.4) is 0 Å². The van der Waals surface area contributed by atoms with E-state index >= 15 is 0 Å². The predicted octanol–water partition coefficient (Wildman–Crippen LogP) is 4.72. The SMILES string of the molecule is Cc1cc(OC(=O)[C@@H]2CC(=O)N(c3cccc(Cl)c3Cl)C2)ccc1N1C(=O)[C@H]2CC=CC[C@@H]2C1=O. The summed E-state index contributed by atoms with van der Waals surface area (Å²) in [6, 6.07) is 9.79. The van der Waals surface area contributed by atoms with Gasteiger partial charge in [-0.1, -0.05) is 41.4 Å². The van der Waals surface area contributed by atoms with Gasteiger partial charge in [-0.25, -0.2) is 4.90 Å². The summed E-state index contributed by atoms with van der Waals surface area (Å²) in [6.45, 7) is 1.89. The largest absolute Gasteiger partial charge is 0.426 e. The molecule has 35 heavy (non-hydrogen) atoms. The summed E-state index contributed by atoms with van der Waals surface area (Å²) < 4.78 is 5.56. The van der Waals surface area contributed by atoms with Crippen molar-refractivity contribution in [2.45, 2.75) is 26.2 Å². The minimum absolute atomic E-state index is 0.00760. The summed E-state index contributed by atoms with van der Waals surface area (Å²) in [6.07, 6.45) is 5.02. The number of amides is 3. The summed E-state index contributed by atoms with van der Waals surface area (Å²) in [4.78, 5) is 53.9. The minimum atomic E-state index is -0.671. The van der Waals surface area contributed by atoms with Crippen LogP contribution >= 0.6 is 23.2 Å². The molecule has 0 bridgehead atoms. The quantitative estimate of drug-likeness (QED) is 0.256. The van der Waals surface area contributed by atoms with E-state index in [4.69, 9.17) is 27.9 Å². The molecule has 0 saturated carbocycles. The number of rotatable bonds is 4. The van der Waals surface area contributed by atoms with Crippen molar-refractivity contribution in [3.8, 4) is 5.75 Å². The molecular formula is C26H22Cl2N2O5. The van der Waals surface area contributed by atoms with Crippen molar-refractivity contribution in [2.75, 3.05) is 16.3 Å². The van der Waals surface area contributed by atoms with Crippen molar-refractivity contribution in [2.24, 2.45) is 17.8 Å². The third-order valence-electron chi connectivity index (χ3n) is 6.82. The van der Waals surface area contributed by atoms with Gasteiger partial charge in [0.15, 0.2) is 0 Å². The van der Waals surface area contributed by atoms with E-state index in [0.717, 1.165) is 0 Å². The number of fused-ring (bicyclic) bond motifs is 1. The molecule has 3 atom stereocenters. The summed E-state index contributed by atoms with van der Waals surface area (Å²) in [7, 11) is 0. The molecule has 2 saturated heterocycles. The summed E-state index contributed by atoms with van der Waals surface area (Å²) >= 11 is 12.3. The third kappa shape index (κ3) is 4.13. The number of aryl methyl sites for hydroxylation is 1. The second kappa shape index (κ2) is 9.13. The highest BCUT2D eigenvalue weighted by atomic mass is 35.5. The molecule has 0 aromatic heterocycles. The fourth-order valence-corrected chi connectivity index (χ4v) is 5.38. The predicted molar refractivity (Wildman–Crippen MR) is 132 cm³/mol. The number of imide groups is 1. The molecular weight excluding hydrogens is 491 g/mol. The summed E-state index contributed by atoms with van der Waals surface area (Å²) in [5.74, 6) is -2.21. The third-order valence-corrected chi connectivity index (χ3v) is 7.62. The van der Waals surface area contributed by atoms with E-state index in [0.29, 0.717) is 34.8 Å². The standard InChI is InChI=1S/C26H22Cl2N2O5/c1-14-11-16(9-10-20(14)30-24(32)17-5-2-3-6-18(17)25(30)33)35-26(34)15-12-22(31)29(13-15)21-8-4-7-19(27)23(21)28/h2-4,7-11,15,17-18H,5-6,12-13H2,1H3/t15-,17+,18+/m1/s1. The average molecular weight is 513 g/mol. The number of hydrogen-bond acceptors (Lipinski definition) is 5. The Labute approximate surface area is 212 Å². The number of benzene rings is 2. The zero-order valence-electron chi connectivity index (χ0n) is 18.9. The Morgan fingerprint density at radius 2 is 1.66 bits per heavy atom. The second-order valence-electron chi connectivity index (χ2n) is 9.02. The van der Waals surface area contributed by atoms with Crippen LogP contribution in [-0.2, 0) is 19.2 Å². The molecule has 2 fully saturated rings. The maximum atomic E-state index is 12.9. The van der Waals surface area contributed by atoms with Crippen LogP contribution in [0.4, 0.5) is 11.4 Å². The molecule has 2 aromatic carbocycles. The first-order valence-electron chi connectivity index (χ1n) is 11.4. The van der Waals surface area contributed by atoms with Crippen LogP contribution in [0.25, 0.3) is 0 Å². The zero-order valence-corrected chi connectivity index (χ0v) is 20.4. The summed E-state index contributed by atoms with van der Waals surface area (Å²) in [5.41, 5.74) is 1.58. The highest BCUT2D eigenvalue weighted by Gasteiger charge is 2.48. The molecule has 0 radical (unpaired) electrons. The number of carbonyl (C=O) groups is 4. The fourth-order valence-electron chi connectivity index (χ4n) is 4.98. The number of anilines is 2. The number of ether oxygens (including phenoxy) is 1. The molecule has 180 valence electrons. The Kier molecular flexibility index (Phi) is 6.15. The molecule has 2 heterocycles. The van der Waals surface area contributed by atoms with Gasteiger partial charge in [0.05, 0.1) is 39.2 Å². The lowest BCUT2D eigenvalue weighted by atomic mass is 9.85. The van der Waals surface area contributed by atoms with Crippen LogP contribution in [-0.4, -0.2) is 30.2 Å². The summed E-state index contributed by atoms with van der Waals surface area (Å²) in [5, 5.41) is 0.577. The van der Waals surface area contributed by atoms with E-state index in [9.17, 15) is 19.2 Å². The molecule has 0 spiro atoms. The number of carbonyl (C=O) groups excluding carboxylic acids is 4. The van der Waals surface area contributed by atoms with Crippen molar-refractivity contribution in [1.82, 2.24) is 0 Å². The van der Waals surface area contributed by atoms with Gasteiger partial charge in [0.25, 0.3) is 0 Å². The minimum Gasteiger partial charge on any atom is -0.426 e. The van der Waals surface area contributed by atoms with Gasteiger partial charge in [-0.2, -0.15) is 0 Å². The van der Waals surface area contributed by atoms with Crippen molar-refractivity contribution < 1.29 is 23.9 Å². The van der Waals surface area contributed by atoms with Gasteiger partial charge in [0, 0.05) is 13.0 Å². The van der Waals surface area contributed by atoms with E-state index in [1.54, 1.807) is 43.3 Å². The van der Waals surface area contributed by atoms with Gasteiger partial charge < -0.3 is 9.64 Å². The monoisotopic (exact) mass is 512 g/mol. The Bertz CT molecular complexity index is 1260. The van der Waals surface area contributed by atoms with Crippen molar-refractivity contribution in [1.29, 1.82) is 0 Å². The number of esters is 1. The van der Waals surface area contributed by atoms with Crippen molar-refractivity contribution in [3.05, 3.63) is 64.2 Å².